The molecule has 0 saturated heterocycles. The van der Waals surface area contributed by atoms with Crippen LogP contribution in [0.5, 0.6) is 17.4 Å². The number of ether oxygens (including phenoxy) is 2. The van der Waals surface area contributed by atoms with Gasteiger partial charge >= 0.3 is 0 Å². The maximum Gasteiger partial charge on any atom is 0.227 e. The maximum absolute atomic E-state index is 6.18. The van der Waals surface area contributed by atoms with Crippen molar-refractivity contribution < 1.29 is 9.47 Å². The smallest absolute Gasteiger partial charge is 0.227 e. The third-order valence-electron chi connectivity index (χ3n) is 4.08. The molecule has 0 N–H and O–H groups in total. The molecule has 1 aromatic heterocycles. The predicted octanol–water partition coefficient (Wildman–Crippen LogP) is 4.96. The number of thioether (sulfide) groups is 1. The van der Waals surface area contributed by atoms with E-state index in [2.05, 4.69) is 6.07 Å². The Morgan fingerprint density at radius 2 is 1.92 bits per heavy atom. The van der Waals surface area contributed by atoms with Gasteiger partial charge in [-0.1, -0.05) is 42.5 Å². The Labute approximate surface area is 151 Å². The van der Waals surface area contributed by atoms with E-state index >= 15 is 0 Å². The summed E-state index contributed by atoms with van der Waals surface area (Å²) in [6, 6.07) is 16.0. The Morgan fingerprint density at radius 1 is 1.08 bits per heavy atom. The van der Waals surface area contributed by atoms with Crippen LogP contribution in [0, 0.1) is 0 Å². The van der Waals surface area contributed by atoms with Crippen LogP contribution in [0.1, 0.15) is 18.1 Å². The van der Waals surface area contributed by atoms with Crippen LogP contribution in [0.25, 0.3) is 11.4 Å². The van der Waals surface area contributed by atoms with Crippen molar-refractivity contribution in [1.82, 2.24) is 9.97 Å². The summed E-state index contributed by atoms with van der Waals surface area (Å²) in [6.07, 6.45) is 2.78. The predicted molar refractivity (Wildman–Crippen MR) is 99.7 cm³/mol. The molecule has 0 fully saturated rings. The second-order valence-electron chi connectivity index (χ2n) is 5.66. The largest absolute Gasteiger partial charge is 0.490 e. The normalized spacial score (nSPS) is 12.1. The Hall–Kier alpha value is -2.53. The highest BCUT2D eigenvalue weighted by atomic mass is 32.2. The summed E-state index contributed by atoms with van der Waals surface area (Å²) >= 11 is 1.62. The third kappa shape index (κ3) is 2.96. The fourth-order valence-corrected chi connectivity index (χ4v) is 3.52. The SMILES string of the molecule is CCOc1cccc2c1Oc1nc(-c3ccccc3)nc(SC)c1C2. The molecule has 0 radical (unpaired) electrons. The molecular formula is C20H18N2O2S. The zero-order chi connectivity index (χ0) is 17.2. The number of para-hydroxylation sites is 1. The van der Waals surface area contributed by atoms with Crippen molar-refractivity contribution in [2.24, 2.45) is 0 Å². The number of hydrogen-bond acceptors (Lipinski definition) is 5. The number of aromatic nitrogens is 2. The summed E-state index contributed by atoms with van der Waals surface area (Å²) in [7, 11) is 0. The minimum atomic E-state index is 0.599. The van der Waals surface area contributed by atoms with E-state index < -0.39 is 0 Å². The Morgan fingerprint density at radius 3 is 2.68 bits per heavy atom. The summed E-state index contributed by atoms with van der Waals surface area (Å²) in [5, 5.41) is 0.955. The molecule has 1 aliphatic rings. The van der Waals surface area contributed by atoms with Gasteiger partial charge in [-0.3, -0.25) is 0 Å². The van der Waals surface area contributed by atoms with Crippen LogP contribution in [-0.2, 0) is 6.42 Å². The van der Waals surface area contributed by atoms with Crippen LogP contribution in [0.3, 0.4) is 0 Å². The Bertz CT molecular complexity index is 913. The lowest BCUT2D eigenvalue weighted by molar-refractivity contribution is 0.315. The average Bonchev–Trinajstić information content (AvgIpc) is 2.67. The quantitative estimate of drug-likeness (QED) is 0.384. The van der Waals surface area contributed by atoms with Gasteiger partial charge in [-0.2, -0.15) is 4.98 Å². The molecular weight excluding hydrogens is 332 g/mol. The van der Waals surface area contributed by atoms with Crippen molar-refractivity contribution in [3.63, 3.8) is 0 Å². The number of benzene rings is 2. The monoisotopic (exact) mass is 350 g/mol. The van der Waals surface area contributed by atoms with Gasteiger partial charge in [0.1, 0.15) is 5.03 Å². The molecule has 0 amide bonds. The van der Waals surface area contributed by atoms with Gasteiger partial charge in [0.25, 0.3) is 0 Å². The third-order valence-corrected chi connectivity index (χ3v) is 4.81. The van der Waals surface area contributed by atoms with E-state index in [0.717, 1.165) is 39.6 Å². The second-order valence-corrected chi connectivity index (χ2v) is 6.46. The zero-order valence-corrected chi connectivity index (χ0v) is 15.0. The first-order valence-corrected chi connectivity index (χ1v) is 9.45. The van der Waals surface area contributed by atoms with Crippen molar-refractivity contribution in [3.8, 4) is 28.8 Å². The molecule has 0 spiro atoms. The highest BCUT2D eigenvalue weighted by molar-refractivity contribution is 7.98. The topological polar surface area (TPSA) is 44.2 Å². The maximum atomic E-state index is 6.18. The van der Waals surface area contributed by atoms with Crippen LogP contribution in [0.2, 0.25) is 0 Å². The molecule has 2 aromatic carbocycles. The molecule has 0 atom stereocenters. The van der Waals surface area contributed by atoms with Crippen molar-refractivity contribution in [2.45, 2.75) is 18.4 Å². The summed E-state index contributed by atoms with van der Waals surface area (Å²) in [4.78, 5) is 9.44. The van der Waals surface area contributed by atoms with E-state index in [0.29, 0.717) is 18.3 Å². The van der Waals surface area contributed by atoms with Crippen molar-refractivity contribution in [2.75, 3.05) is 12.9 Å². The number of nitrogens with zero attached hydrogens (tertiary/aromatic N) is 2. The van der Waals surface area contributed by atoms with Crippen LogP contribution >= 0.6 is 11.8 Å². The minimum absolute atomic E-state index is 0.599. The first-order valence-electron chi connectivity index (χ1n) is 8.23. The molecule has 3 aromatic rings. The molecule has 25 heavy (non-hydrogen) atoms. The molecule has 4 nitrogen and oxygen atoms in total. The molecule has 2 heterocycles. The number of fused-ring (bicyclic) bond motifs is 2. The lowest BCUT2D eigenvalue weighted by atomic mass is 10.0. The second kappa shape index (κ2) is 6.76. The highest BCUT2D eigenvalue weighted by Crippen LogP contribution is 2.44. The van der Waals surface area contributed by atoms with Crippen molar-refractivity contribution in [3.05, 3.63) is 59.7 Å². The molecule has 1 aliphatic heterocycles. The Balaban J connectivity index is 1.82. The van der Waals surface area contributed by atoms with E-state index in [1.165, 1.54) is 0 Å². The van der Waals surface area contributed by atoms with Gasteiger partial charge in [-0.25, -0.2) is 4.98 Å². The summed E-state index contributed by atoms with van der Waals surface area (Å²) < 4.78 is 11.9. The van der Waals surface area contributed by atoms with E-state index in [9.17, 15) is 0 Å². The van der Waals surface area contributed by atoms with Crippen LogP contribution in [-0.4, -0.2) is 22.8 Å². The average molecular weight is 350 g/mol. The highest BCUT2D eigenvalue weighted by Gasteiger charge is 2.26. The van der Waals surface area contributed by atoms with Gasteiger partial charge in [0.05, 0.1) is 12.2 Å². The number of rotatable bonds is 4. The van der Waals surface area contributed by atoms with Gasteiger partial charge in [0.15, 0.2) is 17.3 Å². The first kappa shape index (κ1) is 16.0. The van der Waals surface area contributed by atoms with E-state index in [-0.39, 0.29) is 0 Å². The fraction of sp³-hybridized carbons (Fsp3) is 0.200. The molecule has 5 heteroatoms. The van der Waals surface area contributed by atoms with Gasteiger partial charge in [0, 0.05) is 17.5 Å². The van der Waals surface area contributed by atoms with Gasteiger partial charge < -0.3 is 9.47 Å². The summed E-state index contributed by atoms with van der Waals surface area (Å²) in [6.45, 7) is 2.57. The minimum Gasteiger partial charge on any atom is -0.490 e. The van der Waals surface area contributed by atoms with Crippen molar-refractivity contribution >= 4 is 11.8 Å². The molecule has 126 valence electrons. The van der Waals surface area contributed by atoms with Gasteiger partial charge in [-0.05, 0) is 19.2 Å². The van der Waals surface area contributed by atoms with Crippen LogP contribution in [0.4, 0.5) is 0 Å². The number of hydrogen-bond donors (Lipinski definition) is 0. The lowest BCUT2D eigenvalue weighted by Gasteiger charge is -2.23. The van der Waals surface area contributed by atoms with Gasteiger partial charge in [-0.15, -0.1) is 11.8 Å². The molecule has 0 bridgehead atoms. The zero-order valence-electron chi connectivity index (χ0n) is 14.2. The van der Waals surface area contributed by atoms with Crippen molar-refractivity contribution in [1.29, 1.82) is 0 Å². The van der Waals surface area contributed by atoms with E-state index in [1.807, 2.05) is 55.6 Å². The first-order chi connectivity index (χ1) is 12.3. The molecule has 0 aliphatic carbocycles. The molecule has 0 unspecified atom stereocenters. The molecule has 0 saturated carbocycles. The summed E-state index contributed by atoms with van der Waals surface area (Å²) in [5.41, 5.74) is 3.12. The van der Waals surface area contributed by atoms with Crippen LogP contribution < -0.4 is 9.47 Å². The lowest BCUT2D eigenvalue weighted by Crippen LogP contribution is -2.10. The fourth-order valence-electron chi connectivity index (χ4n) is 2.94. The Kier molecular flexibility index (Phi) is 4.32. The molecule has 4 rings (SSSR count). The van der Waals surface area contributed by atoms with Gasteiger partial charge in [0.2, 0.25) is 5.88 Å². The van der Waals surface area contributed by atoms with E-state index in [4.69, 9.17) is 19.4 Å². The summed E-state index contributed by atoms with van der Waals surface area (Å²) in [5.74, 6) is 2.83. The van der Waals surface area contributed by atoms with E-state index in [1.54, 1.807) is 11.8 Å². The standard InChI is InChI=1S/C20H18N2O2S/c1-3-23-16-11-7-10-14-12-15-19(24-17(14)16)21-18(22-20(15)25-2)13-8-5-4-6-9-13/h4-11H,3,12H2,1-2H3. The van der Waals surface area contributed by atoms with Crippen LogP contribution in [0.15, 0.2) is 53.6 Å².